The number of aromatic nitrogens is 1. The lowest BCUT2D eigenvalue weighted by molar-refractivity contribution is 0.0593. The Kier molecular flexibility index (Phi) is 12.6. The second kappa shape index (κ2) is 17.6. The van der Waals surface area contributed by atoms with Crippen molar-refractivity contribution in [1.29, 1.82) is 0 Å². The van der Waals surface area contributed by atoms with Crippen molar-refractivity contribution in [3.63, 3.8) is 0 Å². The van der Waals surface area contributed by atoms with Crippen LogP contribution in [0.3, 0.4) is 0 Å². The zero-order valence-corrected chi connectivity index (χ0v) is 28.8. The third-order valence-electron chi connectivity index (χ3n) is 10.3. The number of piperidine rings is 1. The summed E-state index contributed by atoms with van der Waals surface area (Å²) >= 11 is 0. The Bertz CT molecular complexity index is 1730. The fraction of sp³-hybridized carbons (Fsp3) is 0.450. The maximum Gasteiger partial charge on any atom is 0.411 e. The fourth-order valence-electron chi connectivity index (χ4n) is 7.47. The molecule has 1 saturated carbocycles. The standard InChI is InChI=1S/C40H51N5O5/c46-36-18-16-33(34-17-19-38(48)44-39(34)36)37(47)27-42-30-14-12-28(13-15-30)7-6-22-41-23-26-45-24-20-31(21-25-45)50-40(49)43-35-11-5-4-10-32(35)29-8-2-1-3-9-29/h1-5,8-11,16-19,28,30-31,37,41-42,46-47H,6-7,12-15,20-27H2,(H,43,49)(H,44,48). The fourth-order valence-corrected chi connectivity index (χ4v) is 7.47. The number of para-hydroxylation sites is 1. The minimum atomic E-state index is -0.729. The molecular weight excluding hydrogens is 630 g/mol. The van der Waals surface area contributed by atoms with Crippen LogP contribution in [0, 0.1) is 5.92 Å². The number of carbonyl (C=O) groups is 1. The van der Waals surface area contributed by atoms with Crippen LogP contribution in [0.1, 0.15) is 63.0 Å². The second-order valence-electron chi connectivity index (χ2n) is 13.8. The second-order valence-corrected chi connectivity index (χ2v) is 13.8. The number of nitrogens with one attached hydrogen (secondary N) is 4. The quantitative estimate of drug-likeness (QED) is 0.0870. The third kappa shape index (κ3) is 9.72. The molecule has 1 aromatic heterocycles. The molecule has 0 spiro atoms. The van der Waals surface area contributed by atoms with E-state index < -0.39 is 12.2 Å². The van der Waals surface area contributed by atoms with E-state index in [-0.39, 0.29) is 17.4 Å². The first-order valence-electron chi connectivity index (χ1n) is 18.2. The van der Waals surface area contributed by atoms with Crippen molar-refractivity contribution in [1.82, 2.24) is 20.5 Å². The number of pyridine rings is 1. The number of aliphatic hydroxyl groups is 1. The van der Waals surface area contributed by atoms with Crippen LogP contribution in [-0.2, 0) is 4.74 Å². The Morgan fingerprint density at radius 2 is 1.66 bits per heavy atom. The predicted molar refractivity (Wildman–Crippen MR) is 198 cm³/mol. The monoisotopic (exact) mass is 681 g/mol. The van der Waals surface area contributed by atoms with Crippen molar-refractivity contribution in [2.75, 3.05) is 44.6 Å². The molecule has 2 heterocycles. The number of phenols is 1. The zero-order valence-electron chi connectivity index (χ0n) is 28.8. The molecule has 50 heavy (non-hydrogen) atoms. The highest BCUT2D eigenvalue weighted by Gasteiger charge is 2.24. The minimum absolute atomic E-state index is 0.00253. The molecule has 4 aromatic rings. The van der Waals surface area contributed by atoms with Gasteiger partial charge in [-0.2, -0.15) is 0 Å². The number of H-pyrrole nitrogens is 1. The minimum Gasteiger partial charge on any atom is -0.506 e. The third-order valence-corrected chi connectivity index (χ3v) is 10.3. The van der Waals surface area contributed by atoms with E-state index in [4.69, 9.17) is 4.74 Å². The van der Waals surface area contributed by atoms with Gasteiger partial charge >= 0.3 is 6.09 Å². The van der Waals surface area contributed by atoms with Gasteiger partial charge in [0.05, 0.1) is 17.3 Å². The molecule has 1 saturated heterocycles. The zero-order chi connectivity index (χ0) is 34.7. The number of rotatable bonds is 14. The van der Waals surface area contributed by atoms with Crippen molar-refractivity contribution in [3.05, 3.63) is 94.8 Å². The number of fused-ring (bicyclic) bond motifs is 1. The largest absolute Gasteiger partial charge is 0.506 e. The summed E-state index contributed by atoms with van der Waals surface area (Å²) in [6.45, 7) is 5.29. The average molecular weight is 682 g/mol. The van der Waals surface area contributed by atoms with Crippen molar-refractivity contribution in [3.8, 4) is 16.9 Å². The topological polar surface area (TPSA) is 139 Å². The average Bonchev–Trinajstić information content (AvgIpc) is 3.14. The molecule has 1 amide bonds. The van der Waals surface area contributed by atoms with Crippen LogP contribution >= 0.6 is 0 Å². The Balaban J connectivity index is 0.803. The SMILES string of the molecule is O=C(Nc1ccccc1-c1ccccc1)OC1CCN(CCNCCCC2CCC(NCC(O)c3ccc(O)c4[nH]c(=O)ccc34)CC2)CC1. The number of aromatic hydroxyl groups is 1. The van der Waals surface area contributed by atoms with Gasteiger partial charge in [0, 0.05) is 55.8 Å². The van der Waals surface area contributed by atoms with E-state index in [0.29, 0.717) is 29.1 Å². The van der Waals surface area contributed by atoms with Gasteiger partial charge in [-0.25, -0.2) is 4.79 Å². The molecule has 6 rings (SSSR count). The number of carbonyl (C=O) groups excluding carboxylic acids is 1. The number of hydrogen-bond donors (Lipinski definition) is 6. The number of phenolic OH excluding ortho intramolecular Hbond substituents is 1. The van der Waals surface area contributed by atoms with Crippen molar-refractivity contribution in [2.45, 2.75) is 69.6 Å². The normalized spacial score (nSPS) is 19.3. The molecule has 0 bridgehead atoms. The molecule has 266 valence electrons. The van der Waals surface area contributed by atoms with Gasteiger partial charge in [-0.05, 0) is 93.2 Å². The summed E-state index contributed by atoms with van der Waals surface area (Å²) in [5, 5.41) is 31.8. The Morgan fingerprint density at radius 3 is 2.46 bits per heavy atom. The van der Waals surface area contributed by atoms with Gasteiger partial charge in [0.1, 0.15) is 11.9 Å². The first-order chi connectivity index (χ1) is 24.4. The van der Waals surface area contributed by atoms with Crippen molar-refractivity contribution < 1.29 is 19.7 Å². The summed E-state index contributed by atoms with van der Waals surface area (Å²) < 4.78 is 5.79. The molecule has 1 aliphatic heterocycles. The highest BCUT2D eigenvalue weighted by molar-refractivity contribution is 5.91. The molecule has 2 aliphatic rings. The summed E-state index contributed by atoms with van der Waals surface area (Å²) in [6.07, 6.45) is 7.54. The van der Waals surface area contributed by atoms with Crippen molar-refractivity contribution in [2.24, 2.45) is 5.92 Å². The summed E-state index contributed by atoms with van der Waals surface area (Å²) in [4.78, 5) is 29.5. The summed E-state index contributed by atoms with van der Waals surface area (Å²) in [7, 11) is 0. The van der Waals surface area contributed by atoms with Gasteiger partial charge in [-0.1, -0.05) is 54.6 Å². The number of ether oxygens (including phenoxy) is 1. The van der Waals surface area contributed by atoms with E-state index in [2.05, 4.69) is 25.8 Å². The van der Waals surface area contributed by atoms with Crippen LogP contribution in [-0.4, -0.2) is 77.6 Å². The number of likely N-dealkylation sites (tertiary alicyclic amines) is 1. The number of nitrogens with zero attached hydrogens (tertiary/aromatic N) is 1. The van der Waals surface area contributed by atoms with Gasteiger partial charge in [-0.15, -0.1) is 0 Å². The Morgan fingerprint density at radius 1 is 0.900 bits per heavy atom. The first-order valence-corrected chi connectivity index (χ1v) is 18.2. The molecule has 10 nitrogen and oxygen atoms in total. The molecule has 0 radical (unpaired) electrons. The van der Waals surface area contributed by atoms with Gasteiger partial charge in [0.25, 0.3) is 0 Å². The molecule has 3 aromatic carbocycles. The van der Waals surface area contributed by atoms with Gasteiger partial charge < -0.3 is 35.5 Å². The van der Waals surface area contributed by atoms with Gasteiger partial charge in [0.15, 0.2) is 0 Å². The molecular formula is C40H51N5O5. The lowest BCUT2D eigenvalue weighted by atomic mass is 9.83. The van der Waals surface area contributed by atoms with E-state index in [9.17, 15) is 19.8 Å². The summed E-state index contributed by atoms with van der Waals surface area (Å²) in [5.41, 5.74) is 3.56. The van der Waals surface area contributed by atoms with E-state index in [1.54, 1.807) is 12.1 Å². The van der Waals surface area contributed by atoms with E-state index in [1.807, 2.05) is 54.6 Å². The lowest BCUT2D eigenvalue weighted by Gasteiger charge is -2.31. The summed E-state index contributed by atoms with van der Waals surface area (Å²) in [5.74, 6) is 0.753. The lowest BCUT2D eigenvalue weighted by Crippen LogP contribution is -2.41. The predicted octanol–water partition coefficient (Wildman–Crippen LogP) is 6.17. The number of hydrogen-bond acceptors (Lipinski definition) is 8. The van der Waals surface area contributed by atoms with Gasteiger partial charge in [-0.3, -0.25) is 10.1 Å². The van der Waals surface area contributed by atoms with Crippen LogP contribution in [0.15, 0.2) is 83.7 Å². The highest BCUT2D eigenvalue weighted by atomic mass is 16.6. The van der Waals surface area contributed by atoms with E-state index in [0.717, 1.165) is 81.1 Å². The van der Waals surface area contributed by atoms with Gasteiger partial charge in [0.2, 0.25) is 5.56 Å². The number of aromatic amines is 1. The first kappa shape index (κ1) is 35.6. The number of anilines is 1. The van der Waals surface area contributed by atoms with Crippen LogP contribution in [0.5, 0.6) is 5.75 Å². The Hall–Kier alpha value is -4.22. The van der Waals surface area contributed by atoms with Crippen molar-refractivity contribution >= 4 is 22.7 Å². The van der Waals surface area contributed by atoms with Crippen LogP contribution in [0.2, 0.25) is 0 Å². The maximum atomic E-state index is 12.7. The highest BCUT2D eigenvalue weighted by Crippen LogP contribution is 2.31. The van der Waals surface area contributed by atoms with Crippen LogP contribution in [0.4, 0.5) is 10.5 Å². The molecule has 2 fully saturated rings. The van der Waals surface area contributed by atoms with Crippen LogP contribution < -0.4 is 21.5 Å². The molecule has 1 aliphatic carbocycles. The number of aliphatic hydroxyl groups excluding tert-OH is 1. The number of benzene rings is 3. The Labute approximate surface area is 294 Å². The molecule has 6 N–H and O–H groups in total. The van der Waals surface area contributed by atoms with E-state index in [1.165, 1.54) is 37.8 Å². The van der Waals surface area contributed by atoms with E-state index >= 15 is 0 Å². The summed E-state index contributed by atoms with van der Waals surface area (Å²) in [6, 6.07) is 24.6. The molecule has 10 heteroatoms. The molecule has 1 atom stereocenters. The van der Waals surface area contributed by atoms with Crippen LogP contribution in [0.25, 0.3) is 22.0 Å². The molecule has 1 unspecified atom stereocenters. The smallest absolute Gasteiger partial charge is 0.411 e. The number of amides is 1. The maximum absolute atomic E-state index is 12.7.